The summed E-state index contributed by atoms with van der Waals surface area (Å²) in [6, 6.07) is 0. The topological polar surface area (TPSA) is 102 Å². The molecule has 1 aliphatic heterocycles. The Morgan fingerprint density at radius 1 is 1.35 bits per heavy atom. The number of hydrogen-bond acceptors (Lipinski definition) is 6. The SMILES string of the molecule is C=C(C)C(=O)OC(CCCCC)(CC(=O)O)C(=O)OCC1CO1. The van der Waals surface area contributed by atoms with Crippen LogP contribution >= 0.6 is 0 Å². The molecule has 7 heteroatoms. The standard InChI is InChI=1S/C16H24O7/c1-4-5-6-7-16(8-13(17)18,23-14(19)11(2)3)15(20)22-10-12-9-21-12/h12H,2,4-10H2,1,3H3,(H,17,18). The van der Waals surface area contributed by atoms with E-state index in [2.05, 4.69) is 6.58 Å². The molecule has 0 aromatic carbocycles. The molecule has 0 radical (unpaired) electrons. The third-order valence-corrected chi connectivity index (χ3v) is 3.43. The fraction of sp³-hybridized carbons (Fsp3) is 0.688. The number of ether oxygens (including phenoxy) is 3. The number of esters is 2. The van der Waals surface area contributed by atoms with Gasteiger partial charge in [-0.3, -0.25) is 4.79 Å². The van der Waals surface area contributed by atoms with Gasteiger partial charge in [-0.1, -0.05) is 26.3 Å². The highest BCUT2D eigenvalue weighted by Gasteiger charge is 2.46. The number of aliphatic carboxylic acids is 1. The van der Waals surface area contributed by atoms with E-state index in [1.54, 1.807) is 0 Å². The molecule has 1 N–H and O–H groups in total. The molecule has 0 amide bonds. The van der Waals surface area contributed by atoms with Crippen LogP contribution in [0.3, 0.4) is 0 Å². The molecule has 0 aromatic heterocycles. The summed E-state index contributed by atoms with van der Waals surface area (Å²) in [4.78, 5) is 35.5. The first-order valence-electron chi connectivity index (χ1n) is 7.70. The molecule has 0 saturated carbocycles. The van der Waals surface area contributed by atoms with Crippen molar-refractivity contribution >= 4 is 17.9 Å². The van der Waals surface area contributed by atoms with Crippen molar-refractivity contribution < 1.29 is 33.7 Å². The van der Waals surface area contributed by atoms with Gasteiger partial charge >= 0.3 is 17.9 Å². The van der Waals surface area contributed by atoms with Crippen molar-refractivity contribution in [3.05, 3.63) is 12.2 Å². The molecule has 130 valence electrons. The number of unbranched alkanes of at least 4 members (excludes halogenated alkanes) is 2. The molecular weight excluding hydrogens is 304 g/mol. The third kappa shape index (κ3) is 6.40. The Balaban J connectivity index is 2.92. The zero-order valence-corrected chi connectivity index (χ0v) is 13.6. The van der Waals surface area contributed by atoms with Crippen LogP contribution in [0.25, 0.3) is 0 Å². The zero-order valence-electron chi connectivity index (χ0n) is 13.6. The van der Waals surface area contributed by atoms with Gasteiger partial charge < -0.3 is 19.3 Å². The van der Waals surface area contributed by atoms with Gasteiger partial charge in [0.25, 0.3) is 0 Å². The monoisotopic (exact) mass is 328 g/mol. The second kappa shape index (κ2) is 8.67. The number of epoxide rings is 1. The van der Waals surface area contributed by atoms with E-state index in [-0.39, 0.29) is 24.7 Å². The molecule has 0 bridgehead atoms. The summed E-state index contributed by atoms with van der Waals surface area (Å²) in [7, 11) is 0. The van der Waals surface area contributed by atoms with Gasteiger partial charge in [0.15, 0.2) is 0 Å². The van der Waals surface area contributed by atoms with Crippen LogP contribution in [0, 0.1) is 0 Å². The minimum Gasteiger partial charge on any atom is -0.481 e. The summed E-state index contributed by atoms with van der Waals surface area (Å²) >= 11 is 0. The molecule has 7 nitrogen and oxygen atoms in total. The quantitative estimate of drug-likeness (QED) is 0.267. The number of carboxylic acids is 1. The second-order valence-corrected chi connectivity index (χ2v) is 5.75. The van der Waals surface area contributed by atoms with Crippen molar-refractivity contribution in [2.24, 2.45) is 0 Å². The van der Waals surface area contributed by atoms with Crippen molar-refractivity contribution in [1.29, 1.82) is 0 Å². The van der Waals surface area contributed by atoms with E-state index in [0.29, 0.717) is 13.0 Å². The van der Waals surface area contributed by atoms with Gasteiger partial charge in [-0.15, -0.1) is 0 Å². The lowest BCUT2D eigenvalue weighted by atomic mass is 9.92. The summed E-state index contributed by atoms with van der Waals surface area (Å²) in [6.07, 6.45) is 1.50. The van der Waals surface area contributed by atoms with Crippen molar-refractivity contribution in [3.63, 3.8) is 0 Å². The van der Waals surface area contributed by atoms with Crippen molar-refractivity contribution in [2.75, 3.05) is 13.2 Å². The fourth-order valence-electron chi connectivity index (χ4n) is 2.03. The number of carboxylic acid groups (broad SMARTS) is 1. The average molecular weight is 328 g/mol. The van der Waals surface area contributed by atoms with Crippen molar-refractivity contribution in [1.82, 2.24) is 0 Å². The minimum atomic E-state index is -1.83. The van der Waals surface area contributed by atoms with Crippen LogP contribution in [-0.4, -0.2) is 47.9 Å². The van der Waals surface area contributed by atoms with Crippen molar-refractivity contribution in [3.8, 4) is 0 Å². The lowest BCUT2D eigenvalue weighted by molar-refractivity contribution is -0.185. The summed E-state index contributed by atoms with van der Waals surface area (Å²) in [5.41, 5.74) is -1.74. The second-order valence-electron chi connectivity index (χ2n) is 5.75. The Kier molecular flexibility index (Phi) is 7.22. The van der Waals surface area contributed by atoms with Crippen LogP contribution in [0.4, 0.5) is 0 Å². The molecule has 0 spiro atoms. The summed E-state index contributed by atoms with van der Waals surface area (Å²) in [5, 5.41) is 9.15. The van der Waals surface area contributed by atoms with Crippen molar-refractivity contribution in [2.45, 2.75) is 57.7 Å². The van der Waals surface area contributed by atoms with Gasteiger partial charge in [-0.05, 0) is 19.8 Å². The Morgan fingerprint density at radius 2 is 2.00 bits per heavy atom. The first kappa shape index (κ1) is 19.2. The molecule has 2 atom stereocenters. The first-order chi connectivity index (χ1) is 10.8. The molecule has 1 heterocycles. The normalized spacial score (nSPS) is 18.6. The number of hydrogen-bond donors (Lipinski definition) is 1. The van der Waals surface area contributed by atoms with E-state index in [1.807, 2.05) is 6.92 Å². The Hall–Kier alpha value is -1.89. The molecule has 1 saturated heterocycles. The highest BCUT2D eigenvalue weighted by atomic mass is 16.6. The van der Waals surface area contributed by atoms with E-state index < -0.39 is 29.9 Å². The van der Waals surface area contributed by atoms with Gasteiger partial charge in [-0.2, -0.15) is 0 Å². The maximum absolute atomic E-state index is 12.4. The maximum Gasteiger partial charge on any atom is 0.351 e. The van der Waals surface area contributed by atoms with E-state index in [9.17, 15) is 14.4 Å². The third-order valence-electron chi connectivity index (χ3n) is 3.43. The predicted molar refractivity (Wildman–Crippen MR) is 80.7 cm³/mol. The number of carbonyl (C=O) groups is 3. The highest BCUT2D eigenvalue weighted by molar-refractivity contribution is 5.92. The molecule has 23 heavy (non-hydrogen) atoms. The van der Waals surface area contributed by atoms with Gasteiger partial charge in [0, 0.05) is 5.57 Å². The smallest absolute Gasteiger partial charge is 0.351 e. The van der Waals surface area contributed by atoms with Crippen LogP contribution in [0.5, 0.6) is 0 Å². The van der Waals surface area contributed by atoms with E-state index >= 15 is 0 Å². The average Bonchev–Trinajstić information content (AvgIpc) is 3.28. The van der Waals surface area contributed by atoms with E-state index in [4.69, 9.17) is 19.3 Å². The summed E-state index contributed by atoms with van der Waals surface area (Å²) < 4.78 is 15.3. The summed E-state index contributed by atoms with van der Waals surface area (Å²) in [6.45, 7) is 7.40. The lowest BCUT2D eigenvalue weighted by Gasteiger charge is -2.30. The molecule has 0 aromatic rings. The van der Waals surface area contributed by atoms with Gasteiger partial charge in [0.1, 0.15) is 12.7 Å². The predicted octanol–water partition coefficient (Wildman–Crippen LogP) is 1.84. The largest absolute Gasteiger partial charge is 0.481 e. The van der Waals surface area contributed by atoms with Gasteiger partial charge in [0.05, 0.1) is 13.0 Å². The van der Waals surface area contributed by atoms with Crippen LogP contribution in [-0.2, 0) is 28.6 Å². The Morgan fingerprint density at radius 3 is 2.48 bits per heavy atom. The molecular formula is C16H24O7. The molecule has 1 rings (SSSR count). The van der Waals surface area contributed by atoms with Crippen LogP contribution in [0.15, 0.2) is 12.2 Å². The zero-order chi connectivity index (χ0) is 17.5. The lowest BCUT2D eigenvalue weighted by Crippen LogP contribution is -2.47. The van der Waals surface area contributed by atoms with Gasteiger partial charge in [0.2, 0.25) is 5.60 Å². The first-order valence-corrected chi connectivity index (χ1v) is 7.70. The number of rotatable bonds is 11. The number of carbonyl (C=O) groups excluding carboxylic acids is 2. The van der Waals surface area contributed by atoms with Crippen LogP contribution in [0.1, 0.15) is 46.0 Å². The van der Waals surface area contributed by atoms with Gasteiger partial charge in [-0.25, -0.2) is 9.59 Å². The van der Waals surface area contributed by atoms with Crippen LogP contribution in [0.2, 0.25) is 0 Å². The minimum absolute atomic E-state index is 0.0264. The Bertz CT molecular complexity index is 467. The maximum atomic E-state index is 12.4. The highest BCUT2D eigenvalue weighted by Crippen LogP contribution is 2.28. The Labute approximate surface area is 135 Å². The fourth-order valence-corrected chi connectivity index (χ4v) is 2.03. The van der Waals surface area contributed by atoms with E-state index in [0.717, 1.165) is 12.8 Å². The molecule has 0 aliphatic carbocycles. The van der Waals surface area contributed by atoms with Crippen LogP contribution < -0.4 is 0 Å². The molecule has 2 unspecified atom stereocenters. The molecule has 1 fully saturated rings. The van der Waals surface area contributed by atoms with E-state index in [1.165, 1.54) is 6.92 Å². The summed E-state index contributed by atoms with van der Waals surface area (Å²) in [5.74, 6) is -2.89. The molecule has 1 aliphatic rings.